The van der Waals surface area contributed by atoms with Gasteiger partial charge in [0.2, 0.25) is 5.91 Å². The quantitative estimate of drug-likeness (QED) is 0.639. The maximum Gasteiger partial charge on any atom is 0.273 e. The maximum absolute atomic E-state index is 13.0. The Kier molecular flexibility index (Phi) is 7.32. The van der Waals surface area contributed by atoms with Gasteiger partial charge in [0.1, 0.15) is 5.69 Å². The van der Waals surface area contributed by atoms with Crippen LogP contribution in [-0.2, 0) is 9.53 Å². The van der Waals surface area contributed by atoms with Crippen molar-refractivity contribution in [3.63, 3.8) is 0 Å². The highest BCUT2D eigenvalue weighted by Gasteiger charge is 2.30. The molecular formula is C21H24Cl2N4O3S. The van der Waals surface area contributed by atoms with Gasteiger partial charge in [0.15, 0.2) is 5.13 Å². The molecule has 2 aromatic rings. The third kappa shape index (κ3) is 5.49. The molecular weight excluding hydrogens is 459 g/mol. The summed E-state index contributed by atoms with van der Waals surface area (Å²) >= 11 is 13.6. The highest BCUT2D eigenvalue weighted by molar-refractivity contribution is 7.14. The van der Waals surface area contributed by atoms with E-state index >= 15 is 0 Å². The van der Waals surface area contributed by atoms with Gasteiger partial charge < -0.3 is 20.3 Å². The average Bonchev–Trinajstić information content (AvgIpc) is 3.47. The van der Waals surface area contributed by atoms with Crippen molar-refractivity contribution < 1.29 is 14.3 Å². The minimum atomic E-state index is -0.208. The number of amides is 2. The summed E-state index contributed by atoms with van der Waals surface area (Å²) in [5, 5.41) is 9.20. The van der Waals surface area contributed by atoms with Gasteiger partial charge in [-0.2, -0.15) is 0 Å². The number of benzene rings is 1. The summed E-state index contributed by atoms with van der Waals surface area (Å²) in [6.07, 6.45) is 3.70. The number of rotatable bonds is 6. The van der Waals surface area contributed by atoms with Crippen molar-refractivity contribution in [3.05, 3.63) is 39.3 Å². The number of likely N-dealkylation sites (tertiary alicyclic amines) is 1. The smallest absolute Gasteiger partial charge is 0.273 e. The van der Waals surface area contributed by atoms with E-state index in [0.29, 0.717) is 46.2 Å². The SMILES string of the molecule is O=C(NC[C@H]1CCCO1)[C@@H]1CCCN(C(=O)c2csc(Nc3cccc(Cl)c3Cl)n2)C1. The fraction of sp³-hybridized carbons (Fsp3) is 0.476. The van der Waals surface area contributed by atoms with Crippen LogP contribution in [0.1, 0.15) is 36.2 Å². The van der Waals surface area contributed by atoms with Crippen LogP contribution in [-0.4, -0.2) is 54.0 Å². The first-order valence-corrected chi connectivity index (χ1v) is 12.0. The van der Waals surface area contributed by atoms with Crippen LogP contribution in [0.4, 0.5) is 10.8 Å². The Balaban J connectivity index is 1.34. The Morgan fingerprint density at radius 1 is 1.26 bits per heavy atom. The Hall–Kier alpha value is -1.87. The van der Waals surface area contributed by atoms with Crippen molar-refractivity contribution in [2.45, 2.75) is 31.8 Å². The molecule has 166 valence electrons. The topological polar surface area (TPSA) is 83.6 Å². The van der Waals surface area contributed by atoms with Gasteiger partial charge in [-0.1, -0.05) is 29.3 Å². The van der Waals surface area contributed by atoms with E-state index in [1.165, 1.54) is 11.3 Å². The van der Waals surface area contributed by atoms with Gasteiger partial charge in [-0.25, -0.2) is 4.98 Å². The summed E-state index contributed by atoms with van der Waals surface area (Å²) in [7, 11) is 0. The molecule has 1 aromatic heterocycles. The van der Waals surface area contributed by atoms with Gasteiger partial charge in [0.25, 0.3) is 5.91 Å². The van der Waals surface area contributed by atoms with E-state index in [1.807, 2.05) is 0 Å². The Morgan fingerprint density at radius 3 is 2.94 bits per heavy atom. The van der Waals surface area contributed by atoms with Crippen molar-refractivity contribution in [3.8, 4) is 0 Å². The first-order valence-electron chi connectivity index (χ1n) is 10.4. The summed E-state index contributed by atoms with van der Waals surface area (Å²) in [5.74, 6) is -0.386. The number of aromatic nitrogens is 1. The van der Waals surface area contributed by atoms with Crippen LogP contribution in [0.15, 0.2) is 23.6 Å². The molecule has 2 aliphatic heterocycles. The van der Waals surface area contributed by atoms with E-state index in [0.717, 1.165) is 32.3 Å². The standard InChI is InChI=1S/C21H24Cl2N4O3S/c22-15-6-1-7-16(18(15)23)25-21-26-17(12-31-21)20(29)27-8-2-4-13(11-27)19(28)24-10-14-5-3-9-30-14/h1,6-7,12-14H,2-5,8-11H2,(H,24,28)(H,25,26)/t13-,14-/m1/s1. The summed E-state index contributed by atoms with van der Waals surface area (Å²) in [5.41, 5.74) is 0.981. The minimum Gasteiger partial charge on any atom is -0.376 e. The number of hydrogen-bond donors (Lipinski definition) is 2. The normalized spacial score (nSPS) is 21.2. The monoisotopic (exact) mass is 482 g/mol. The number of piperidine rings is 1. The van der Waals surface area contributed by atoms with Crippen LogP contribution in [0.5, 0.6) is 0 Å². The predicted molar refractivity (Wildman–Crippen MR) is 122 cm³/mol. The molecule has 0 radical (unpaired) electrons. The van der Waals surface area contributed by atoms with E-state index in [4.69, 9.17) is 27.9 Å². The lowest BCUT2D eigenvalue weighted by Crippen LogP contribution is -2.46. The predicted octanol–water partition coefficient (Wildman–Crippen LogP) is 4.34. The minimum absolute atomic E-state index is 0.00997. The summed E-state index contributed by atoms with van der Waals surface area (Å²) < 4.78 is 5.56. The summed E-state index contributed by atoms with van der Waals surface area (Å²) in [6, 6.07) is 5.28. The fourth-order valence-corrected chi connectivity index (χ4v) is 4.89. The zero-order chi connectivity index (χ0) is 21.8. The number of thiazole rings is 1. The fourth-order valence-electron chi connectivity index (χ4n) is 3.85. The van der Waals surface area contributed by atoms with Crippen molar-refractivity contribution in [1.29, 1.82) is 0 Å². The second-order valence-electron chi connectivity index (χ2n) is 7.73. The number of carbonyl (C=O) groups excluding carboxylic acids is 2. The number of nitrogens with one attached hydrogen (secondary N) is 2. The Labute approximate surface area is 195 Å². The molecule has 2 fully saturated rings. The molecule has 2 saturated heterocycles. The molecule has 0 aliphatic carbocycles. The van der Waals surface area contributed by atoms with Crippen LogP contribution in [0, 0.1) is 5.92 Å². The molecule has 3 heterocycles. The maximum atomic E-state index is 13.0. The number of halogens is 2. The van der Waals surface area contributed by atoms with Crippen molar-refractivity contribution in [1.82, 2.24) is 15.2 Å². The number of nitrogens with zero attached hydrogens (tertiary/aromatic N) is 2. The van der Waals surface area contributed by atoms with Crippen LogP contribution in [0.3, 0.4) is 0 Å². The molecule has 10 heteroatoms. The molecule has 0 saturated carbocycles. The van der Waals surface area contributed by atoms with E-state index < -0.39 is 0 Å². The van der Waals surface area contributed by atoms with E-state index in [1.54, 1.807) is 28.5 Å². The van der Waals surface area contributed by atoms with Gasteiger partial charge in [-0.3, -0.25) is 9.59 Å². The average molecular weight is 483 g/mol. The molecule has 7 nitrogen and oxygen atoms in total. The first kappa shape index (κ1) is 22.3. The van der Waals surface area contributed by atoms with Gasteiger partial charge in [0.05, 0.1) is 27.8 Å². The lowest BCUT2D eigenvalue weighted by Gasteiger charge is -2.31. The molecule has 2 N–H and O–H groups in total. The van der Waals surface area contributed by atoms with Gasteiger partial charge in [-0.05, 0) is 37.8 Å². The molecule has 2 aliphatic rings. The zero-order valence-corrected chi connectivity index (χ0v) is 19.2. The number of hydrogen-bond acceptors (Lipinski definition) is 6. The van der Waals surface area contributed by atoms with Crippen LogP contribution in [0.25, 0.3) is 0 Å². The van der Waals surface area contributed by atoms with Crippen molar-refractivity contribution >= 4 is 57.2 Å². The molecule has 1 aromatic carbocycles. The van der Waals surface area contributed by atoms with Gasteiger partial charge in [-0.15, -0.1) is 11.3 Å². The lowest BCUT2D eigenvalue weighted by molar-refractivity contribution is -0.126. The lowest BCUT2D eigenvalue weighted by atomic mass is 9.97. The van der Waals surface area contributed by atoms with Crippen molar-refractivity contribution in [2.75, 3.05) is 31.6 Å². The van der Waals surface area contributed by atoms with Crippen LogP contribution in [0.2, 0.25) is 10.0 Å². The molecule has 0 spiro atoms. The molecule has 2 atom stereocenters. The van der Waals surface area contributed by atoms with Crippen LogP contribution < -0.4 is 10.6 Å². The zero-order valence-electron chi connectivity index (χ0n) is 16.9. The second kappa shape index (κ2) is 10.2. The third-order valence-corrected chi connectivity index (χ3v) is 7.10. The number of ether oxygens (including phenoxy) is 1. The van der Waals surface area contributed by atoms with Crippen LogP contribution >= 0.6 is 34.5 Å². The Bertz CT molecular complexity index is 948. The first-order chi connectivity index (χ1) is 15.0. The highest BCUT2D eigenvalue weighted by atomic mass is 35.5. The summed E-state index contributed by atoms with van der Waals surface area (Å²) in [6.45, 7) is 2.32. The van der Waals surface area contributed by atoms with Crippen molar-refractivity contribution in [2.24, 2.45) is 5.92 Å². The summed E-state index contributed by atoms with van der Waals surface area (Å²) in [4.78, 5) is 31.7. The molecule has 2 amide bonds. The number of anilines is 2. The van der Waals surface area contributed by atoms with E-state index in [2.05, 4.69) is 15.6 Å². The largest absolute Gasteiger partial charge is 0.376 e. The number of carbonyl (C=O) groups is 2. The Morgan fingerprint density at radius 2 is 2.13 bits per heavy atom. The molecule has 4 rings (SSSR count). The van der Waals surface area contributed by atoms with E-state index in [9.17, 15) is 9.59 Å². The molecule has 31 heavy (non-hydrogen) atoms. The van der Waals surface area contributed by atoms with E-state index in [-0.39, 0.29) is 23.8 Å². The second-order valence-corrected chi connectivity index (χ2v) is 9.38. The van der Waals surface area contributed by atoms with Gasteiger partial charge >= 0.3 is 0 Å². The third-order valence-electron chi connectivity index (χ3n) is 5.52. The highest BCUT2D eigenvalue weighted by Crippen LogP contribution is 2.32. The van der Waals surface area contributed by atoms with Gasteiger partial charge in [0, 0.05) is 31.6 Å². The molecule has 0 unspecified atom stereocenters. The molecule has 0 bridgehead atoms.